The fourth-order valence-electron chi connectivity index (χ4n) is 2.11. The summed E-state index contributed by atoms with van der Waals surface area (Å²) in [6.45, 7) is 3.94. The fraction of sp³-hybridized carbons (Fsp3) is 0.158. The van der Waals surface area contributed by atoms with Crippen molar-refractivity contribution in [1.82, 2.24) is 5.32 Å². The molecule has 0 heterocycles. The van der Waals surface area contributed by atoms with Gasteiger partial charge in [-0.3, -0.25) is 4.79 Å². The van der Waals surface area contributed by atoms with E-state index in [1.807, 2.05) is 0 Å². The van der Waals surface area contributed by atoms with Crippen molar-refractivity contribution < 1.29 is 19.1 Å². The van der Waals surface area contributed by atoms with Crippen LogP contribution in [-0.4, -0.2) is 32.7 Å². The van der Waals surface area contributed by atoms with Gasteiger partial charge in [0.2, 0.25) is 0 Å². The summed E-state index contributed by atoms with van der Waals surface area (Å²) in [6, 6.07) is 11.4. The molecule has 0 saturated carbocycles. The molecule has 7 heteroatoms. The zero-order valence-corrected chi connectivity index (χ0v) is 14.7. The summed E-state index contributed by atoms with van der Waals surface area (Å²) in [5.41, 5.74) is 1.65. The molecule has 0 aliphatic rings. The molecule has 0 atom stereocenters. The van der Waals surface area contributed by atoms with Gasteiger partial charge in [0.15, 0.2) is 11.5 Å². The maximum atomic E-state index is 12.4. The normalized spacial score (nSPS) is 9.77. The molecule has 3 amide bonds. The first kappa shape index (κ1) is 18.9. The number of hydrogen-bond acceptors (Lipinski definition) is 4. The van der Waals surface area contributed by atoms with Crippen molar-refractivity contribution in [1.29, 1.82) is 0 Å². The summed E-state index contributed by atoms with van der Waals surface area (Å²) in [6.07, 6.45) is 1.63. The Morgan fingerprint density at radius 3 is 2.27 bits per heavy atom. The molecule has 0 saturated heterocycles. The molecule has 0 aliphatic carbocycles. The number of carbonyl (C=O) groups is 2. The van der Waals surface area contributed by atoms with E-state index in [4.69, 9.17) is 9.47 Å². The van der Waals surface area contributed by atoms with Gasteiger partial charge < -0.3 is 25.4 Å². The van der Waals surface area contributed by atoms with Crippen molar-refractivity contribution in [2.24, 2.45) is 0 Å². The molecule has 0 aromatic heterocycles. The highest BCUT2D eigenvalue weighted by atomic mass is 16.5. The summed E-state index contributed by atoms with van der Waals surface area (Å²) in [4.78, 5) is 23.7. The van der Waals surface area contributed by atoms with E-state index >= 15 is 0 Å². The molecular formula is C19H21N3O4. The van der Waals surface area contributed by atoms with E-state index in [1.165, 1.54) is 14.2 Å². The van der Waals surface area contributed by atoms with E-state index in [9.17, 15) is 9.59 Å². The van der Waals surface area contributed by atoms with Crippen LogP contribution in [0.3, 0.4) is 0 Å². The Balaban J connectivity index is 2.07. The van der Waals surface area contributed by atoms with E-state index < -0.39 is 0 Å². The van der Waals surface area contributed by atoms with Crippen molar-refractivity contribution in [3.05, 3.63) is 60.7 Å². The number of carbonyl (C=O) groups excluding carboxylic acids is 2. The van der Waals surface area contributed by atoms with Gasteiger partial charge in [0.05, 0.1) is 7.11 Å². The molecule has 0 spiro atoms. The highest BCUT2D eigenvalue weighted by Crippen LogP contribution is 2.28. The first-order valence-electron chi connectivity index (χ1n) is 7.89. The number of urea groups is 1. The van der Waals surface area contributed by atoms with Gasteiger partial charge in [0, 0.05) is 24.0 Å². The van der Waals surface area contributed by atoms with Crippen molar-refractivity contribution in [3.8, 4) is 11.5 Å². The molecule has 2 rings (SSSR count). The second-order valence-corrected chi connectivity index (χ2v) is 5.20. The highest BCUT2D eigenvalue weighted by Gasteiger charge is 2.11. The third kappa shape index (κ3) is 5.01. The number of hydrogen-bond donors (Lipinski definition) is 3. The van der Waals surface area contributed by atoms with E-state index in [1.54, 1.807) is 48.5 Å². The minimum Gasteiger partial charge on any atom is -0.493 e. The lowest BCUT2D eigenvalue weighted by molar-refractivity contribution is 0.102. The van der Waals surface area contributed by atoms with Crippen LogP contribution in [-0.2, 0) is 0 Å². The Labute approximate surface area is 152 Å². The number of ether oxygens (including phenoxy) is 2. The van der Waals surface area contributed by atoms with Crippen molar-refractivity contribution in [2.45, 2.75) is 0 Å². The molecule has 2 aromatic carbocycles. The summed E-state index contributed by atoms with van der Waals surface area (Å²) in [5, 5.41) is 7.89. The molecule has 136 valence electrons. The lowest BCUT2D eigenvalue weighted by atomic mass is 10.1. The molecule has 3 N–H and O–H groups in total. The topological polar surface area (TPSA) is 88.7 Å². The van der Waals surface area contributed by atoms with Gasteiger partial charge in [-0.05, 0) is 42.5 Å². The quantitative estimate of drug-likeness (QED) is 0.665. The maximum Gasteiger partial charge on any atom is 0.318 e. The summed E-state index contributed by atoms with van der Waals surface area (Å²) >= 11 is 0. The molecule has 0 bridgehead atoms. The van der Waals surface area contributed by atoms with Crippen molar-refractivity contribution >= 4 is 23.3 Å². The van der Waals surface area contributed by atoms with Crippen LogP contribution in [0.1, 0.15) is 10.4 Å². The molecule has 0 fully saturated rings. The molecule has 2 aromatic rings. The van der Waals surface area contributed by atoms with Gasteiger partial charge in [0.1, 0.15) is 6.61 Å². The monoisotopic (exact) mass is 355 g/mol. The van der Waals surface area contributed by atoms with Gasteiger partial charge in [-0.2, -0.15) is 0 Å². The number of methoxy groups -OCH3 is 1. The van der Waals surface area contributed by atoms with E-state index in [-0.39, 0.29) is 11.9 Å². The van der Waals surface area contributed by atoms with E-state index in [0.29, 0.717) is 35.0 Å². The number of anilines is 2. The van der Waals surface area contributed by atoms with Crippen molar-refractivity contribution in [2.75, 3.05) is 31.4 Å². The number of rotatable bonds is 7. The first-order chi connectivity index (χ1) is 12.6. The molecule has 0 radical (unpaired) electrons. The lowest BCUT2D eigenvalue weighted by Crippen LogP contribution is -2.24. The Hall–Kier alpha value is -3.48. The number of benzene rings is 2. The number of amides is 3. The lowest BCUT2D eigenvalue weighted by Gasteiger charge is -2.11. The first-order valence-corrected chi connectivity index (χ1v) is 7.89. The average Bonchev–Trinajstić information content (AvgIpc) is 2.67. The zero-order chi connectivity index (χ0) is 18.9. The Bertz CT molecular complexity index is 788. The Kier molecular flexibility index (Phi) is 6.61. The SMILES string of the molecule is C=CCOc1ccc(C(=O)Nc2ccc(NC(=O)NC)cc2)cc1OC. The third-order valence-corrected chi connectivity index (χ3v) is 3.41. The molecule has 26 heavy (non-hydrogen) atoms. The predicted octanol–water partition coefficient (Wildman–Crippen LogP) is 3.26. The Morgan fingerprint density at radius 1 is 1.04 bits per heavy atom. The minimum absolute atomic E-state index is 0.286. The smallest absolute Gasteiger partial charge is 0.318 e. The predicted molar refractivity (Wildman–Crippen MR) is 101 cm³/mol. The van der Waals surface area contributed by atoms with Crippen LogP contribution < -0.4 is 25.4 Å². The largest absolute Gasteiger partial charge is 0.493 e. The minimum atomic E-state index is -0.312. The second kappa shape index (κ2) is 9.12. The molecule has 0 aliphatic heterocycles. The van der Waals surface area contributed by atoms with Crippen molar-refractivity contribution in [3.63, 3.8) is 0 Å². The van der Waals surface area contributed by atoms with Crippen LogP contribution in [0, 0.1) is 0 Å². The van der Waals surface area contributed by atoms with Crippen LogP contribution >= 0.6 is 0 Å². The van der Waals surface area contributed by atoms with Crippen LogP contribution in [0.2, 0.25) is 0 Å². The summed E-state index contributed by atoms with van der Waals surface area (Å²) in [5.74, 6) is 0.712. The molecule has 7 nitrogen and oxygen atoms in total. The summed E-state index contributed by atoms with van der Waals surface area (Å²) in [7, 11) is 3.04. The van der Waals surface area contributed by atoms with Crippen LogP contribution in [0.5, 0.6) is 11.5 Å². The van der Waals surface area contributed by atoms with Gasteiger partial charge in [-0.25, -0.2) is 4.79 Å². The average molecular weight is 355 g/mol. The maximum absolute atomic E-state index is 12.4. The van der Waals surface area contributed by atoms with Gasteiger partial charge in [-0.15, -0.1) is 0 Å². The number of nitrogens with one attached hydrogen (secondary N) is 3. The van der Waals surface area contributed by atoms with Gasteiger partial charge in [-0.1, -0.05) is 12.7 Å². The molecule has 0 unspecified atom stereocenters. The zero-order valence-electron chi connectivity index (χ0n) is 14.7. The van der Waals surface area contributed by atoms with Crippen LogP contribution in [0.4, 0.5) is 16.2 Å². The van der Waals surface area contributed by atoms with Gasteiger partial charge in [0.25, 0.3) is 5.91 Å². The highest BCUT2D eigenvalue weighted by molar-refractivity contribution is 6.04. The Morgan fingerprint density at radius 2 is 1.69 bits per heavy atom. The van der Waals surface area contributed by atoms with Gasteiger partial charge >= 0.3 is 6.03 Å². The van der Waals surface area contributed by atoms with E-state index in [0.717, 1.165) is 0 Å². The third-order valence-electron chi connectivity index (χ3n) is 3.41. The summed E-state index contributed by atoms with van der Waals surface area (Å²) < 4.78 is 10.7. The van der Waals surface area contributed by atoms with E-state index in [2.05, 4.69) is 22.5 Å². The second-order valence-electron chi connectivity index (χ2n) is 5.20. The molecular weight excluding hydrogens is 334 g/mol. The standard InChI is InChI=1S/C19H21N3O4/c1-4-11-26-16-10-5-13(12-17(16)25-3)18(23)21-14-6-8-15(9-7-14)22-19(24)20-2/h4-10,12H,1,11H2,2-3H3,(H,21,23)(H2,20,22,24). The fourth-order valence-corrected chi connectivity index (χ4v) is 2.11. The van der Waals surface area contributed by atoms with Crippen LogP contribution in [0.15, 0.2) is 55.1 Å². The van der Waals surface area contributed by atoms with Crippen LogP contribution in [0.25, 0.3) is 0 Å².